The fraction of sp³-hybridized carbons (Fsp3) is 0.857. The fourth-order valence-electron chi connectivity index (χ4n) is 2.54. The van der Waals surface area contributed by atoms with E-state index < -0.39 is 17.4 Å². The van der Waals surface area contributed by atoms with Crippen LogP contribution in [-0.2, 0) is 9.59 Å². The summed E-state index contributed by atoms with van der Waals surface area (Å²) >= 11 is 1.64. The first-order valence-electron chi connectivity index (χ1n) is 7.17. The van der Waals surface area contributed by atoms with Crippen LogP contribution < -0.4 is 11.1 Å². The molecular weight excluding hydrogens is 276 g/mol. The molecule has 0 saturated heterocycles. The number of hydrogen-bond acceptors (Lipinski definition) is 4. The summed E-state index contributed by atoms with van der Waals surface area (Å²) in [7, 11) is 0. The van der Waals surface area contributed by atoms with E-state index in [4.69, 9.17) is 5.73 Å². The molecule has 1 aliphatic rings. The molecule has 1 amide bonds. The molecule has 20 heavy (non-hydrogen) atoms. The van der Waals surface area contributed by atoms with Gasteiger partial charge in [0.15, 0.2) is 0 Å². The number of carbonyl (C=O) groups excluding carboxylic acids is 1. The molecule has 0 radical (unpaired) electrons. The van der Waals surface area contributed by atoms with Gasteiger partial charge in [0.05, 0.1) is 11.5 Å². The van der Waals surface area contributed by atoms with Crippen LogP contribution in [0.25, 0.3) is 0 Å². The van der Waals surface area contributed by atoms with Crippen LogP contribution in [0.5, 0.6) is 0 Å². The molecule has 1 atom stereocenters. The molecule has 1 fully saturated rings. The lowest BCUT2D eigenvalue weighted by Gasteiger charge is -2.36. The van der Waals surface area contributed by atoms with E-state index in [-0.39, 0.29) is 12.5 Å². The van der Waals surface area contributed by atoms with Gasteiger partial charge in [-0.15, -0.1) is 0 Å². The van der Waals surface area contributed by atoms with E-state index >= 15 is 0 Å². The smallest absolute Gasteiger partial charge is 0.311 e. The number of rotatable bonds is 7. The number of carboxylic acids is 1. The molecule has 0 unspecified atom stereocenters. The predicted octanol–water partition coefficient (Wildman–Crippen LogP) is 1.46. The minimum absolute atomic E-state index is 0.195. The van der Waals surface area contributed by atoms with Crippen LogP contribution in [-0.4, -0.2) is 41.6 Å². The molecule has 0 aromatic rings. The normalized spacial score (nSPS) is 27.9. The lowest BCUT2D eigenvalue weighted by atomic mass is 9.71. The Bertz CT molecular complexity index is 341. The summed E-state index contributed by atoms with van der Waals surface area (Å²) in [6, 6.07) is -0.546. The number of aliphatic carboxylic acids is 1. The van der Waals surface area contributed by atoms with Crippen LogP contribution in [0.4, 0.5) is 0 Å². The number of amides is 1. The molecule has 0 aliphatic heterocycles. The summed E-state index contributed by atoms with van der Waals surface area (Å²) in [5.41, 5.74) is 4.98. The largest absolute Gasteiger partial charge is 0.481 e. The van der Waals surface area contributed by atoms with Crippen LogP contribution in [0.2, 0.25) is 0 Å². The molecule has 0 aromatic heterocycles. The Morgan fingerprint density at radius 1 is 1.45 bits per heavy atom. The third-order valence-corrected chi connectivity index (χ3v) is 4.90. The first-order valence-corrected chi connectivity index (χ1v) is 8.56. The zero-order valence-electron chi connectivity index (χ0n) is 12.4. The third kappa shape index (κ3) is 4.66. The third-order valence-electron chi connectivity index (χ3n) is 4.26. The standard InChI is InChI=1S/C14H26N2O3S/c1-10-3-6-14(7-4-10,13(18)19)9-16-12(17)11(15)5-8-20-2/h10-11H,3-9,15H2,1-2H3,(H,16,17)(H,18,19)/t10?,11-,14?/m0/s1. The molecule has 6 heteroatoms. The van der Waals surface area contributed by atoms with E-state index in [9.17, 15) is 14.7 Å². The molecule has 1 aliphatic carbocycles. The minimum Gasteiger partial charge on any atom is -0.481 e. The van der Waals surface area contributed by atoms with Crippen LogP contribution >= 0.6 is 11.8 Å². The van der Waals surface area contributed by atoms with Gasteiger partial charge in [0.1, 0.15) is 0 Å². The second kappa shape index (κ2) is 7.88. The van der Waals surface area contributed by atoms with Crippen molar-refractivity contribution >= 4 is 23.6 Å². The average Bonchev–Trinajstić information content (AvgIpc) is 2.43. The summed E-state index contributed by atoms with van der Waals surface area (Å²) in [6.45, 7) is 2.34. The Labute approximate surface area is 125 Å². The highest BCUT2D eigenvalue weighted by Gasteiger charge is 2.41. The lowest BCUT2D eigenvalue weighted by molar-refractivity contribution is -0.151. The summed E-state index contributed by atoms with van der Waals surface area (Å²) in [5, 5.41) is 12.2. The predicted molar refractivity (Wildman–Crippen MR) is 81.7 cm³/mol. The topological polar surface area (TPSA) is 92.4 Å². The summed E-state index contributed by atoms with van der Waals surface area (Å²) in [4.78, 5) is 23.4. The molecule has 0 aromatic carbocycles. The average molecular weight is 302 g/mol. The molecule has 1 rings (SSSR count). The molecule has 0 bridgehead atoms. The molecule has 1 saturated carbocycles. The van der Waals surface area contributed by atoms with E-state index in [0.29, 0.717) is 25.2 Å². The van der Waals surface area contributed by atoms with E-state index in [1.165, 1.54) is 0 Å². The zero-order valence-corrected chi connectivity index (χ0v) is 13.2. The Kier molecular flexibility index (Phi) is 6.82. The molecule has 0 heterocycles. The number of thioether (sulfide) groups is 1. The van der Waals surface area contributed by atoms with Crippen molar-refractivity contribution in [2.75, 3.05) is 18.6 Å². The SMILES string of the molecule is CSCC[C@H](N)C(=O)NCC1(C(=O)O)CCC(C)CC1. The van der Waals surface area contributed by atoms with Gasteiger partial charge in [0, 0.05) is 6.54 Å². The van der Waals surface area contributed by atoms with E-state index in [0.717, 1.165) is 18.6 Å². The van der Waals surface area contributed by atoms with Crippen LogP contribution in [0.15, 0.2) is 0 Å². The maximum Gasteiger partial charge on any atom is 0.311 e. The minimum atomic E-state index is -0.804. The van der Waals surface area contributed by atoms with Crippen LogP contribution in [0, 0.1) is 11.3 Å². The molecule has 4 N–H and O–H groups in total. The molecular formula is C14H26N2O3S. The molecule has 0 spiro atoms. The van der Waals surface area contributed by atoms with Gasteiger partial charge in [0.25, 0.3) is 0 Å². The number of hydrogen-bond donors (Lipinski definition) is 3. The highest BCUT2D eigenvalue weighted by Crippen LogP contribution is 2.38. The van der Waals surface area contributed by atoms with Gasteiger partial charge in [0.2, 0.25) is 5.91 Å². The Hall–Kier alpha value is -0.750. The van der Waals surface area contributed by atoms with E-state index in [1.807, 2.05) is 6.26 Å². The van der Waals surface area contributed by atoms with Crippen molar-refractivity contribution in [2.45, 2.75) is 45.1 Å². The highest BCUT2D eigenvalue weighted by atomic mass is 32.2. The Balaban J connectivity index is 2.51. The molecule has 116 valence electrons. The van der Waals surface area contributed by atoms with Gasteiger partial charge < -0.3 is 16.2 Å². The second-order valence-electron chi connectivity index (χ2n) is 5.87. The van der Waals surface area contributed by atoms with Crippen molar-refractivity contribution in [3.05, 3.63) is 0 Å². The number of nitrogens with one attached hydrogen (secondary N) is 1. The molecule has 5 nitrogen and oxygen atoms in total. The van der Waals surface area contributed by atoms with Crippen molar-refractivity contribution < 1.29 is 14.7 Å². The Morgan fingerprint density at radius 3 is 2.55 bits per heavy atom. The zero-order chi connectivity index (χ0) is 15.2. The maximum atomic E-state index is 11.9. The lowest BCUT2D eigenvalue weighted by Crippen LogP contribution is -2.49. The summed E-state index contributed by atoms with van der Waals surface area (Å²) < 4.78 is 0. The van der Waals surface area contributed by atoms with Gasteiger partial charge in [-0.05, 0) is 50.0 Å². The number of nitrogens with two attached hydrogens (primary N) is 1. The maximum absolute atomic E-state index is 11.9. The van der Waals surface area contributed by atoms with E-state index in [1.54, 1.807) is 11.8 Å². The number of carbonyl (C=O) groups is 2. The van der Waals surface area contributed by atoms with Crippen molar-refractivity contribution in [3.8, 4) is 0 Å². The van der Waals surface area contributed by atoms with Gasteiger partial charge in [-0.1, -0.05) is 6.92 Å². The van der Waals surface area contributed by atoms with Crippen molar-refractivity contribution in [1.82, 2.24) is 5.32 Å². The van der Waals surface area contributed by atoms with E-state index in [2.05, 4.69) is 12.2 Å². The fourth-order valence-corrected chi connectivity index (χ4v) is 3.03. The van der Waals surface area contributed by atoms with Crippen LogP contribution in [0.3, 0.4) is 0 Å². The van der Waals surface area contributed by atoms with Gasteiger partial charge in [-0.3, -0.25) is 9.59 Å². The van der Waals surface area contributed by atoms with Gasteiger partial charge >= 0.3 is 5.97 Å². The quantitative estimate of drug-likeness (QED) is 0.662. The number of carboxylic acid groups (broad SMARTS) is 1. The van der Waals surface area contributed by atoms with Gasteiger partial charge in [-0.2, -0.15) is 11.8 Å². The first kappa shape index (κ1) is 17.3. The monoisotopic (exact) mass is 302 g/mol. The Morgan fingerprint density at radius 2 is 2.05 bits per heavy atom. The van der Waals surface area contributed by atoms with Crippen molar-refractivity contribution in [2.24, 2.45) is 17.1 Å². The first-order chi connectivity index (χ1) is 9.41. The van der Waals surface area contributed by atoms with Crippen molar-refractivity contribution in [3.63, 3.8) is 0 Å². The summed E-state index contributed by atoms with van der Waals surface area (Å²) in [6.07, 6.45) is 5.65. The highest BCUT2D eigenvalue weighted by molar-refractivity contribution is 7.98. The summed E-state index contributed by atoms with van der Waals surface area (Å²) in [5.74, 6) is 0.360. The van der Waals surface area contributed by atoms with Crippen molar-refractivity contribution in [1.29, 1.82) is 0 Å². The second-order valence-corrected chi connectivity index (χ2v) is 6.86. The van der Waals surface area contributed by atoms with Gasteiger partial charge in [-0.25, -0.2) is 0 Å². The van der Waals surface area contributed by atoms with Crippen LogP contribution in [0.1, 0.15) is 39.0 Å².